The molecule has 136 valence electrons. The lowest BCUT2D eigenvalue weighted by Gasteiger charge is -2.36. The maximum atomic E-state index is 14.0. The molecule has 27 heavy (non-hydrogen) atoms. The van der Waals surface area contributed by atoms with E-state index in [2.05, 4.69) is 52.3 Å². The summed E-state index contributed by atoms with van der Waals surface area (Å²) in [5.41, 5.74) is 7.76. The van der Waals surface area contributed by atoms with Gasteiger partial charge in [0.2, 0.25) is 0 Å². The lowest BCUT2D eigenvalue weighted by molar-refractivity contribution is 0.249. The summed E-state index contributed by atoms with van der Waals surface area (Å²) < 4.78 is 14.0. The second-order valence-corrected chi connectivity index (χ2v) is 7.54. The van der Waals surface area contributed by atoms with Gasteiger partial charge in [0.15, 0.2) is 0 Å². The van der Waals surface area contributed by atoms with E-state index in [1.165, 1.54) is 27.8 Å². The molecule has 2 nitrogen and oxygen atoms in total. The molecule has 0 bridgehead atoms. The summed E-state index contributed by atoms with van der Waals surface area (Å²) in [4.78, 5) is 4.63. The Morgan fingerprint density at radius 2 is 1.48 bits per heavy atom. The Labute approximate surface area is 159 Å². The molecule has 1 fully saturated rings. The van der Waals surface area contributed by atoms with Gasteiger partial charge in [0.1, 0.15) is 5.82 Å². The first-order valence-electron chi connectivity index (χ1n) is 9.70. The van der Waals surface area contributed by atoms with Crippen LogP contribution in [0.4, 0.5) is 10.1 Å². The fourth-order valence-corrected chi connectivity index (χ4v) is 4.41. The smallest absolute Gasteiger partial charge is 0.146 e. The molecular weight excluding hydrogens is 335 g/mol. The number of piperazine rings is 1. The average molecular weight is 358 g/mol. The molecule has 0 amide bonds. The van der Waals surface area contributed by atoms with Gasteiger partial charge in [-0.3, -0.25) is 4.90 Å². The molecule has 1 saturated heterocycles. The minimum atomic E-state index is -0.121. The van der Waals surface area contributed by atoms with E-state index in [-0.39, 0.29) is 5.82 Å². The lowest BCUT2D eigenvalue weighted by atomic mass is 10.0. The van der Waals surface area contributed by atoms with E-state index >= 15 is 0 Å². The highest BCUT2D eigenvalue weighted by Crippen LogP contribution is 2.36. The van der Waals surface area contributed by atoms with Gasteiger partial charge in [-0.05, 0) is 46.4 Å². The number of hydrogen-bond donors (Lipinski definition) is 0. The van der Waals surface area contributed by atoms with Crippen LogP contribution >= 0.6 is 0 Å². The van der Waals surface area contributed by atoms with Gasteiger partial charge in [0.05, 0.1) is 5.69 Å². The summed E-state index contributed by atoms with van der Waals surface area (Å²) in [5.74, 6) is -0.121. The highest BCUT2D eigenvalue weighted by atomic mass is 19.1. The molecule has 3 heteroatoms. The Balaban J connectivity index is 1.25. The highest BCUT2D eigenvalue weighted by Gasteiger charge is 2.21. The topological polar surface area (TPSA) is 6.48 Å². The zero-order chi connectivity index (χ0) is 18.2. The standard InChI is InChI=1S/C24H23FN2/c25-23-7-3-4-8-24(23)27-13-11-26(12-14-27)17-18-9-10-22-20(15-18)16-19-5-1-2-6-21(19)22/h1-10,15H,11-14,16-17H2. The van der Waals surface area contributed by atoms with E-state index in [9.17, 15) is 4.39 Å². The molecule has 5 rings (SSSR count). The number of benzene rings is 3. The van der Waals surface area contributed by atoms with Gasteiger partial charge in [-0.15, -0.1) is 0 Å². The van der Waals surface area contributed by atoms with Crippen molar-refractivity contribution in [3.05, 3.63) is 89.2 Å². The Bertz CT molecular complexity index is 974. The predicted octanol–water partition coefficient (Wildman–Crippen LogP) is 4.72. The van der Waals surface area contributed by atoms with Gasteiger partial charge in [-0.2, -0.15) is 0 Å². The summed E-state index contributed by atoms with van der Waals surface area (Å²) in [5, 5.41) is 0. The Kier molecular flexibility index (Phi) is 4.17. The minimum absolute atomic E-state index is 0.121. The maximum absolute atomic E-state index is 14.0. The molecule has 0 radical (unpaired) electrons. The third-order valence-electron chi connectivity index (χ3n) is 5.83. The SMILES string of the molecule is Fc1ccccc1N1CCN(Cc2ccc3c(c2)Cc2ccccc2-3)CC1. The summed E-state index contributed by atoms with van der Waals surface area (Å²) >= 11 is 0. The van der Waals surface area contributed by atoms with Crippen LogP contribution in [-0.4, -0.2) is 31.1 Å². The van der Waals surface area contributed by atoms with Crippen molar-refractivity contribution in [3.63, 3.8) is 0 Å². The van der Waals surface area contributed by atoms with Crippen LogP contribution in [0.15, 0.2) is 66.7 Å². The van der Waals surface area contributed by atoms with Crippen molar-refractivity contribution in [2.45, 2.75) is 13.0 Å². The molecule has 0 aromatic heterocycles. The van der Waals surface area contributed by atoms with Crippen LogP contribution in [0.2, 0.25) is 0 Å². The van der Waals surface area contributed by atoms with E-state index in [1.807, 2.05) is 12.1 Å². The number of fused-ring (bicyclic) bond motifs is 3. The molecule has 0 spiro atoms. The van der Waals surface area contributed by atoms with E-state index < -0.39 is 0 Å². The Morgan fingerprint density at radius 3 is 2.33 bits per heavy atom. The molecule has 1 heterocycles. The third kappa shape index (κ3) is 3.13. The number of nitrogens with zero attached hydrogens (tertiary/aromatic N) is 2. The van der Waals surface area contributed by atoms with E-state index in [4.69, 9.17) is 0 Å². The minimum Gasteiger partial charge on any atom is -0.367 e. The molecule has 0 N–H and O–H groups in total. The van der Waals surface area contributed by atoms with Gasteiger partial charge >= 0.3 is 0 Å². The zero-order valence-electron chi connectivity index (χ0n) is 15.4. The van der Waals surface area contributed by atoms with Crippen molar-refractivity contribution in [3.8, 4) is 11.1 Å². The van der Waals surface area contributed by atoms with Gasteiger partial charge in [-0.1, -0.05) is 54.6 Å². The molecule has 0 saturated carbocycles. The average Bonchev–Trinajstić information content (AvgIpc) is 3.07. The van der Waals surface area contributed by atoms with Crippen LogP contribution < -0.4 is 4.90 Å². The fraction of sp³-hybridized carbons (Fsp3) is 0.250. The zero-order valence-corrected chi connectivity index (χ0v) is 15.4. The molecule has 2 aliphatic rings. The van der Waals surface area contributed by atoms with E-state index in [0.29, 0.717) is 0 Å². The summed E-state index contributed by atoms with van der Waals surface area (Å²) in [6, 6.07) is 22.7. The van der Waals surface area contributed by atoms with Crippen molar-refractivity contribution in [2.75, 3.05) is 31.1 Å². The normalized spacial score (nSPS) is 16.3. The van der Waals surface area contributed by atoms with Crippen molar-refractivity contribution in [1.29, 1.82) is 0 Å². The Hall–Kier alpha value is -2.65. The number of halogens is 1. The largest absolute Gasteiger partial charge is 0.367 e. The van der Waals surface area contributed by atoms with Crippen molar-refractivity contribution in [1.82, 2.24) is 4.90 Å². The van der Waals surface area contributed by atoms with Crippen LogP contribution in [0.1, 0.15) is 16.7 Å². The van der Waals surface area contributed by atoms with Crippen LogP contribution in [0, 0.1) is 5.82 Å². The van der Waals surface area contributed by atoms with Gasteiger partial charge in [-0.25, -0.2) is 4.39 Å². The quantitative estimate of drug-likeness (QED) is 0.523. The van der Waals surface area contributed by atoms with Crippen LogP contribution in [0.3, 0.4) is 0 Å². The third-order valence-corrected chi connectivity index (χ3v) is 5.83. The van der Waals surface area contributed by atoms with Gasteiger partial charge in [0, 0.05) is 32.7 Å². The number of rotatable bonds is 3. The number of para-hydroxylation sites is 1. The second-order valence-electron chi connectivity index (χ2n) is 7.54. The number of hydrogen-bond acceptors (Lipinski definition) is 2. The van der Waals surface area contributed by atoms with Crippen LogP contribution in [0.5, 0.6) is 0 Å². The molecule has 0 unspecified atom stereocenters. The Morgan fingerprint density at radius 1 is 0.741 bits per heavy atom. The first-order chi connectivity index (χ1) is 13.3. The van der Waals surface area contributed by atoms with Crippen molar-refractivity contribution >= 4 is 5.69 Å². The highest BCUT2D eigenvalue weighted by molar-refractivity contribution is 5.76. The van der Waals surface area contributed by atoms with Crippen molar-refractivity contribution in [2.24, 2.45) is 0 Å². The first kappa shape index (κ1) is 16.5. The molecule has 1 aliphatic carbocycles. The monoisotopic (exact) mass is 358 g/mol. The van der Waals surface area contributed by atoms with Crippen LogP contribution in [-0.2, 0) is 13.0 Å². The maximum Gasteiger partial charge on any atom is 0.146 e. The summed E-state index contributed by atoms with van der Waals surface area (Å²) in [6.07, 6.45) is 1.04. The number of anilines is 1. The second kappa shape index (κ2) is 6.82. The van der Waals surface area contributed by atoms with Crippen LogP contribution in [0.25, 0.3) is 11.1 Å². The first-order valence-corrected chi connectivity index (χ1v) is 9.70. The van der Waals surface area contributed by atoms with E-state index in [0.717, 1.165) is 44.8 Å². The summed E-state index contributed by atoms with van der Waals surface area (Å²) in [6.45, 7) is 4.64. The molecule has 1 aliphatic heterocycles. The van der Waals surface area contributed by atoms with Gasteiger partial charge < -0.3 is 4.90 Å². The molecule has 3 aromatic rings. The summed E-state index contributed by atoms with van der Waals surface area (Å²) in [7, 11) is 0. The van der Waals surface area contributed by atoms with E-state index in [1.54, 1.807) is 12.1 Å². The van der Waals surface area contributed by atoms with Gasteiger partial charge in [0.25, 0.3) is 0 Å². The molecular formula is C24H23FN2. The molecule has 0 atom stereocenters. The fourth-order valence-electron chi connectivity index (χ4n) is 4.41. The van der Waals surface area contributed by atoms with Crippen molar-refractivity contribution < 1.29 is 4.39 Å². The molecule has 3 aromatic carbocycles. The lowest BCUT2D eigenvalue weighted by Crippen LogP contribution is -2.46. The predicted molar refractivity (Wildman–Crippen MR) is 109 cm³/mol.